The molecule has 0 aliphatic carbocycles. The summed E-state index contributed by atoms with van der Waals surface area (Å²) in [5.74, 6) is 0.209. The lowest BCUT2D eigenvalue weighted by Gasteiger charge is -2.14. The van der Waals surface area contributed by atoms with Gasteiger partial charge in [-0.05, 0) is 48.0 Å². The first-order valence-corrected chi connectivity index (χ1v) is 7.15. The molecule has 0 spiro atoms. The molecule has 5 nitrogen and oxygen atoms in total. The quantitative estimate of drug-likeness (QED) is 0.879. The maximum Gasteiger partial charge on any atom is 0.268 e. The highest BCUT2D eigenvalue weighted by atomic mass is 79.9. The molecule has 0 radical (unpaired) electrons. The van der Waals surface area contributed by atoms with Gasteiger partial charge in [0.25, 0.3) is 5.91 Å². The van der Waals surface area contributed by atoms with Gasteiger partial charge >= 0.3 is 0 Å². The number of furan rings is 1. The second kappa shape index (κ2) is 6.28. The molecule has 0 bridgehead atoms. The van der Waals surface area contributed by atoms with Crippen LogP contribution in [0.5, 0.6) is 0 Å². The van der Waals surface area contributed by atoms with Crippen LogP contribution in [0.25, 0.3) is 0 Å². The first-order valence-electron chi connectivity index (χ1n) is 6.36. The number of aliphatic hydroxyl groups excluding tert-OH is 1. The maximum atomic E-state index is 12.2. The summed E-state index contributed by atoms with van der Waals surface area (Å²) in [6.07, 6.45) is 2.50. The predicted octanol–water partition coefficient (Wildman–Crippen LogP) is 2.89. The van der Waals surface area contributed by atoms with Crippen molar-refractivity contribution in [2.75, 3.05) is 6.54 Å². The summed E-state index contributed by atoms with van der Waals surface area (Å²) in [5.41, 5.74) is 0.554. The van der Waals surface area contributed by atoms with Crippen molar-refractivity contribution in [2.24, 2.45) is 0 Å². The van der Waals surface area contributed by atoms with E-state index in [-0.39, 0.29) is 18.5 Å². The van der Waals surface area contributed by atoms with Crippen LogP contribution >= 0.6 is 15.9 Å². The number of aromatic nitrogens is 1. The minimum absolute atomic E-state index is 0.104. The number of rotatable bonds is 5. The van der Waals surface area contributed by atoms with Gasteiger partial charge in [0.2, 0.25) is 0 Å². The third kappa shape index (κ3) is 3.32. The van der Waals surface area contributed by atoms with Crippen LogP contribution in [0.3, 0.4) is 0 Å². The minimum Gasteiger partial charge on any atom is -0.467 e. The second-order valence-corrected chi connectivity index (χ2v) is 5.70. The number of amides is 1. The fraction of sp³-hybridized carbons (Fsp3) is 0.357. The molecule has 0 aliphatic rings. The molecular formula is C14H17BrN2O3. The van der Waals surface area contributed by atoms with Crippen LogP contribution in [0.1, 0.15) is 42.2 Å². The van der Waals surface area contributed by atoms with Gasteiger partial charge in [-0.25, -0.2) is 0 Å². The van der Waals surface area contributed by atoms with E-state index in [2.05, 4.69) is 21.2 Å². The summed E-state index contributed by atoms with van der Waals surface area (Å²) in [6, 6.07) is 5.30. The van der Waals surface area contributed by atoms with Gasteiger partial charge in [-0.3, -0.25) is 4.79 Å². The lowest BCUT2D eigenvalue weighted by Crippen LogP contribution is -2.30. The number of aliphatic hydroxyl groups is 1. The zero-order chi connectivity index (χ0) is 14.7. The van der Waals surface area contributed by atoms with Gasteiger partial charge < -0.3 is 19.4 Å². The van der Waals surface area contributed by atoms with Crippen molar-refractivity contribution in [1.82, 2.24) is 9.88 Å². The molecule has 6 heteroatoms. The highest BCUT2D eigenvalue weighted by molar-refractivity contribution is 9.10. The first-order chi connectivity index (χ1) is 9.49. The van der Waals surface area contributed by atoms with Crippen LogP contribution in [0.15, 0.2) is 39.5 Å². The fourth-order valence-electron chi connectivity index (χ4n) is 1.92. The zero-order valence-electron chi connectivity index (χ0n) is 11.3. The van der Waals surface area contributed by atoms with E-state index in [1.165, 1.54) is 6.26 Å². The molecule has 2 heterocycles. The summed E-state index contributed by atoms with van der Waals surface area (Å²) in [5, 5.41) is 12.6. The fourth-order valence-corrected chi connectivity index (χ4v) is 2.35. The molecule has 2 N–H and O–H groups in total. The molecule has 2 rings (SSSR count). The van der Waals surface area contributed by atoms with Crippen LogP contribution in [0, 0.1) is 0 Å². The third-order valence-electron chi connectivity index (χ3n) is 2.93. The number of halogens is 1. The average molecular weight is 341 g/mol. The van der Waals surface area contributed by atoms with Crippen LogP contribution < -0.4 is 5.32 Å². The monoisotopic (exact) mass is 340 g/mol. The standard InChI is InChI=1S/C14H17BrN2O3/c1-9(2)17-8-10(15)6-11(17)14(19)16-7-12(18)13-4-3-5-20-13/h3-6,8-9,12,18H,7H2,1-2H3,(H,16,19)/t12-/m1/s1. The van der Waals surface area contributed by atoms with Crippen LogP contribution in [0.4, 0.5) is 0 Å². The Labute approximate surface area is 125 Å². The number of nitrogens with one attached hydrogen (secondary N) is 1. The number of hydrogen-bond donors (Lipinski definition) is 2. The van der Waals surface area contributed by atoms with E-state index in [1.54, 1.807) is 18.2 Å². The molecular weight excluding hydrogens is 324 g/mol. The Bertz CT molecular complexity index is 575. The van der Waals surface area contributed by atoms with Crippen molar-refractivity contribution < 1.29 is 14.3 Å². The number of hydrogen-bond acceptors (Lipinski definition) is 3. The Morgan fingerprint density at radius 3 is 2.90 bits per heavy atom. The van der Waals surface area contributed by atoms with Crippen LogP contribution in [-0.4, -0.2) is 22.1 Å². The van der Waals surface area contributed by atoms with Gasteiger partial charge in [0, 0.05) is 16.7 Å². The first kappa shape index (κ1) is 14.9. The summed E-state index contributed by atoms with van der Waals surface area (Å²) in [4.78, 5) is 12.2. The third-order valence-corrected chi connectivity index (χ3v) is 3.37. The van der Waals surface area contributed by atoms with Crippen molar-refractivity contribution in [1.29, 1.82) is 0 Å². The van der Waals surface area contributed by atoms with E-state index in [4.69, 9.17) is 4.42 Å². The van der Waals surface area contributed by atoms with Crippen molar-refractivity contribution in [3.63, 3.8) is 0 Å². The van der Waals surface area contributed by atoms with Crippen LogP contribution in [0.2, 0.25) is 0 Å². The molecule has 1 atom stereocenters. The lowest BCUT2D eigenvalue weighted by molar-refractivity contribution is 0.0890. The topological polar surface area (TPSA) is 67.4 Å². The molecule has 2 aromatic heterocycles. The van der Waals surface area contributed by atoms with Gasteiger partial charge in [-0.2, -0.15) is 0 Å². The SMILES string of the molecule is CC(C)n1cc(Br)cc1C(=O)NC[C@@H](O)c1ccco1. The van der Waals surface area contributed by atoms with E-state index in [1.807, 2.05) is 24.6 Å². The highest BCUT2D eigenvalue weighted by Crippen LogP contribution is 2.19. The van der Waals surface area contributed by atoms with Gasteiger partial charge in [-0.1, -0.05) is 0 Å². The number of carbonyl (C=O) groups is 1. The van der Waals surface area contributed by atoms with Crippen molar-refractivity contribution >= 4 is 21.8 Å². The predicted molar refractivity (Wildman–Crippen MR) is 78.5 cm³/mol. The summed E-state index contributed by atoms with van der Waals surface area (Å²) in [6.45, 7) is 4.11. The molecule has 0 saturated carbocycles. The Morgan fingerprint density at radius 1 is 1.55 bits per heavy atom. The molecule has 108 valence electrons. The molecule has 0 unspecified atom stereocenters. The van der Waals surface area contributed by atoms with Crippen LogP contribution in [-0.2, 0) is 0 Å². The number of carbonyl (C=O) groups excluding carboxylic acids is 1. The Hall–Kier alpha value is -1.53. The van der Waals surface area contributed by atoms with Crippen molar-refractivity contribution in [3.05, 3.63) is 46.6 Å². The Kier molecular flexibility index (Phi) is 4.67. The Balaban J connectivity index is 2.02. The van der Waals surface area contributed by atoms with E-state index in [9.17, 15) is 9.90 Å². The summed E-state index contributed by atoms with van der Waals surface area (Å²) >= 11 is 3.37. The van der Waals surface area contributed by atoms with Gasteiger partial charge in [0.05, 0.1) is 12.8 Å². The summed E-state index contributed by atoms with van der Waals surface area (Å²) in [7, 11) is 0. The molecule has 0 aromatic carbocycles. The van der Waals surface area contributed by atoms with Gasteiger partial charge in [-0.15, -0.1) is 0 Å². The van der Waals surface area contributed by atoms with E-state index < -0.39 is 6.10 Å². The minimum atomic E-state index is -0.847. The lowest BCUT2D eigenvalue weighted by atomic mass is 10.2. The normalized spacial score (nSPS) is 12.7. The number of nitrogens with zero attached hydrogens (tertiary/aromatic N) is 1. The molecule has 0 saturated heterocycles. The van der Waals surface area contributed by atoms with E-state index >= 15 is 0 Å². The summed E-state index contributed by atoms with van der Waals surface area (Å²) < 4.78 is 7.81. The Morgan fingerprint density at radius 2 is 2.30 bits per heavy atom. The highest BCUT2D eigenvalue weighted by Gasteiger charge is 2.17. The molecule has 0 fully saturated rings. The molecule has 1 amide bonds. The molecule has 20 heavy (non-hydrogen) atoms. The second-order valence-electron chi connectivity index (χ2n) is 4.79. The largest absolute Gasteiger partial charge is 0.467 e. The van der Waals surface area contributed by atoms with Crippen molar-refractivity contribution in [2.45, 2.75) is 26.0 Å². The smallest absolute Gasteiger partial charge is 0.268 e. The van der Waals surface area contributed by atoms with Gasteiger partial charge in [0.1, 0.15) is 17.6 Å². The molecule has 0 aliphatic heterocycles. The average Bonchev–Trinajstić information content (AvgIpc) is 3.04. The van der Waals surface area contributed by atoms with E-state index in [0.717, 1.165) is 4.47 Å². The van der Waals surface area contributed by atoms with Crippen molar-refractivity contribution in [3.8, 4) is 0 Å². The van der Waals surface area contributed by atoms with E-state index in [0.29, 0.717) is 11.5 Å². The van der Waals surface area contributed by atoms with Gasteiger partial charge in [0.15, 0.2) is 0 Å². The molecule has 2 aromatic rings. The maximum absolute atomic E-state index is 12.2. The zero-order valence-corrected chi connectivity index (χ0v) is 12.9.